The molecular weight excluding hydrogens is 394 g/mol. The fourth-order valence-electron chi connectivity index (χ4n) is 3.31. The fraction of sp³-hybridized carbons (Fsp3) is 0.450. The van der Waals surface area contributed by atoms with Gasteiger partial charge >= 0.3 is 0 Å². The second-order valence-electron chi connectivity index (χ2n) is 7.33. The van der Waals surface area contributed by atoms with Gasteiger partial charge in [0, 0.05) is 39.8 Å². The van der Waals surface area contributed by atoms with Crippen LogP contribution in [0.3, 0.4) is 0 Å². The molecule has 1 aliphatic rings. The van der Waals surface area contributed by atoms with E-state index < -0.39 is 10.0 Å². The Bertz CT molecular complexity index is 918. The van der Waals surface area contributed by atoms with Crippen LogP contribution in [0.5, 0.6) is 0 Å². The number of rotatable bonds is 6. The summed E-state index contributed by atoms with van der Waals surface area (Å²) in [5.74, 6) is 0.0528. The zero-order valence-corrected chi connectivity index (χ0v) is 18.2. The number of amides is 1. The normalized spacial score (nSPS) is 16.2. The van der Waals surface area contributed by atoms with Crippen molar-refractivity contribution >= 4 is 27.3 Å². The standard InChI is InChI=1S/C20H27N3O3S2/c1-16-4-5-17(2)19(12-16)28(25,26)23-9-7-22(8-10-23)14-20(24)21(3)13-18-6-11-27-15-18/h4-6,11-12,15H,7-10,13-14H2,1-3H3. The predicted octanol–water partition coefficient (Wildman–Crippen LogP) is 2.33. The molecule has 28 heavy (non-hydrogen) atoms. The molecule has 0 unspecified atom stereocenters. The van der Waals surface area contributed by atoms with Crippen molar-refractivity contribution in [3.8, 4) is 0 Å². The molecule has 2 aromatic rings. The van der Waals surface area contributed by atoms with Gasteiger partial charge in [0.15, 0.2) is 0 Å². The summed E-state index contributed by atoms with van der Waals surface area (Å²) < 4.78 is 27.5. The lowest BCUT2D eigenvalue weighted by Gasteiger charge is -2.34. The van der Waals surface area contributed by atoms with Crippen molar-refractivity contribution in [2.24, 2.45) is 0 Å². The van der Waals surface area contributed by atoms with Crippen LogP contribution in [0.1, 0.15) is 16.7 Å². The minimum atomic E-state index is -3.51. The number of hydrogen-bond donors (Lipinski definition) is 0. The van der Waals surface area contributed by atoms with Crippen molar-refractivity contribution in [2.75, 3.05) is 39.8 Å². The Morgan fingerprint density at radius 1 is 1.14 bits per heavy atom. The molecule has 0 aliphatic carbocycles. The molecule has 0 atom stereocenters. The van der Waals surface area contributed by atoms with Gasteiger partial charge in [-0.2, -0.15) is 15.6 Å². The van der Waals surface area contributed by atoms with E-state index in [1.165, 1.54) is 4.31 Å². The first-order valence-electron chi connectivity index (χ1n) is 9.32. The first-order valence-corrected chi connectivity index (χ1v) is 11.7. The highest BCUT2D eigenvalue weighted by Gasteiger charge is 2.30. The highest BCUT2D eigenvalue weighted by atomic mass is 32.2. The lowest BCUT2D eigenvalue weighted by molar-refractivity contribution is -0.131. The molecule has 0 radical (unpaired) electrons. The molecule has 3 rings (SSSR count). The third-order valence-corrected chi connectivity index (χ3v) is 7.85. The zero-order valence-electron chi connectivity index (χ0n) is 16.6. The topological polar surface area (TPSA) is 60.9 Å². The van der Waals surface area contributed by atoms with Crippen LogP contribution in [0, 0.1) is 13.8 Å². The van der Waals surface area contributed by atoms with Crippen molar-refractivity contribution in [2.45, 2.75) is 25.3 Å². The number of piperazine rings is 1. The molecule has 1 fully saturated rings. The molecule has 6 nitrogen and oxygen atoms in total. The molecule has 0 spiro atoms. The SMILES string of the molecule is Cc1ccc(C)c(S(=O)(=O)N2CCN(CC(=O)N(C)Cc3ccsc3)CC2)c1. The Morgan fingerprint density at radius 2 is 1.86 bits per heavy atom. The average molecular weight is 422 g/mol. The quantitative estimate of drug-likeness (QED) is 0.718. The van der Waals surface area contributed by atoms with Gasteiger partial charge in [-0.15, -0.1) is 0 Å². The number of carbonyl (C=O) groups excluding carboxylic acids is 1. The number of sulfonamides is 1. The van der Waals surface area contributed by atoms with Crippen LogP contribution in [0.2, 0.25) is 0 Å². The van der Waals surface area contributed by atoms with Gasteiger partial charge in [0.1, 0.15) is 0 Å². The minimum Gasteiger partial charge on any atom is -0.340 e. The average Bonchev–Trinajstić information content (AvgIpc) is 3.17. The second-order valence-corrected chi connectivity index (χ2v) is 10.0. The number of likely N-dealkylation sites (N-methyl/N-ethyl adjacent to an activating group) is 1. The number of hydrogen-bond acceptors (Lipinski definition) is 5. The minimum absolute atomic E-state index is 0.0528. The van der Waals surface area contributed by atoms with Crippen LogP contribution >= 0.6 is 11.3 Å². The van der Waals surface area contributed by atoms with E-state index in [9.17, 15) is 13.2 Å². The molecule has 1 amide bonds. The molecular formula is C20H27N3O3S2. The molecule has 2 heterocycles. The highest BCUT2D eigenvalue weighted by Crippen LogP contribution is 2.22. The summed E-state index contributed by atoms with van der Waals surface area (Å²) in [6, 6.07) is 7.52. The smallest absolute Gasteiger partial charge is 0.243 e. The first kappa shape index (κ1) is 21.0. The van der Waals surface area contributed by atoms with Gasteiger partial charge < -0.3 is 4.90 Å². The summed E-state index contributed by atoms with van der Waals surface area (Å²) in [4.78, 5) is 16.6. The van der Waals surface area contributed by atoms with Gasteiger partial charge in [-0.3, -0.25) is 9.69 Å². The van der Waals surface area contributed by atoms with Crippen LogP contribution in [0.4, 0.5) is 0 Å². The first-order chi connectivity index (χ1) is 13.3. The Kier molecular flexibility index (Phi) is 6.54. The van der Waals surface area contributed by atoms with E-state index in [-0.39, 0.29) is 5.91 Å². The van der Waals surface area contributed by atoms with E-state index in [2.05, 4.69) is 0 Å². The predicted molar refractivity (Wildman–Crippen MR) is 112 cm³/mol. The maximum absolute atomic E-state index is 13.0. The van der Waals surface area contributed by atoms with Crippen LogP contribution < -0.4 is 0 Å². The Hall–Kier alpha value is -1.74. The van der Waals surface area contributed by atoms with Gasteiger partial charge in [0.25, 0.3) is 0 Å². The van der Waals surface area contributed by atoms with Crippen LogP contribution in [-0.4, -0.2) is 68.2 Å². The van der Waals surface area contributed by atoms with E-state index >= 15 is 0 Å². The fourth-order valence-corrected chi connectivity index (χ4v) is 5.70. The summed E-state index contributed by atoms with van der Waals surface area (Å²) in [6.45, 7) is 6.55. The van der Waals surface area contributed by atoms with E-state index in [0.29, 0.717) is 44.2 Å². The summed E-state index contributed by atoms with van der Waals surface area (Å²) in [5.41, 5.74) is 2.82. The number of thiophene rings is 1. The summed E-state index contributed by atoms with van der Waals surface area (Å²) in [5, 5.41) is 4.05. The van der Waals surface area contributed by atoms with Crippen LogP contribution in [0.15, 0.2) is 39.9 Å². The lowest BCUT2D eigenvalue weighted by Crippen LogP contribution is -2.51. The third kappa shape index (κ3) is 4.81. The maximum atomic E-state index is 13.0. The van der Waals surface area contributed by atoms with Crippen LogP contribution in [0.25, 0.3) is 0 Å². The number of aryl methyl sites for hydroxylation is 2. The lowest BCUT2D eigenvalue weighted by atomic mass is 10.2. The van der Waals surface area contributed by atoms with Crippen molar-refractivity contribution in [3.05, 3.63) is 51.7 Å². The van der Waals surface area contributed by atoms with Crippen LogP contribution in [-0.2, 0) is 21.4 Å². The van der Waals surface area contributed by atoms with E-state index in [0.717, 1.165) is 16.7 Å². The molecule has 1 aromatic carbocycles. The molecule has 1 aliphatic heterocycles. The van der Waals surface area contributed by atoms with Crippen molar-refractivity contribution in [3.63, 3.8) is 0 Å². The molecule has 8 heteroatoms. The van der Waals surface area contributed by atoms with Gasteiger partial charge in [-0.1, -0.05) is 12.1 Å². The molecule has 0 bridgehead atoms. The molecule has 152 valence electrons. The summed E-state index contributed by atoms with van der Waals surface area (Å²) in [6.07, 6.45) is 0. The van der Waals surface area contributed by atoms with Gasteiger partial charge in [0.2, 0.25) is 15.9 Å². The number of carbonyl (C=O) groups is 1. The number of nitrogens with zero attached hydrogens (tertiary/aromatic N) is 3. The van der Waals surface area contributed by atoms with Gasteiger partial charge in [-0.25, -0.2) is 8.42 Å². The molecule has 0 N–H and O–H groups in total. The molecule has 1 aromatic heterocycles. The van der Waals surface area contributed by atoms with E-state index in [4.69, 9.17) is 0 Å². The Labute approximate surface area is 171 Å². The molecule has 0 saturated carbocycles. The van der Waals surface area contributed by atoms with Gasteiger partial charge in [-0.05, 0) is 53.4 Å². The Morgan fingerprint density at radius 3 is 2.50 bits per heavy atom. The zero-order chi connectivity index (χ0) is 20.3. The highest BCUT2D eigenvalue weighted by molar-refractivity contribution is 7.89. The van der Waals surface area contributed by atoms with Gasteiger partial charge in [0.05, 0.1) is 11.4 Å². The summed E-state index contributed by atoms with van der Waals surface area (Å²) >= 11 is 1.62. The largest absolute Gasteiger partial charge is 0.340 e. The van der Waals surface area contributed by atoms with Crippen molar-refractivity contribution in [1.82, 2.24) is 14.1 Å². The Balaban J connectivity index is 1.56. The maximum Gasteiger partial charge on any atom is 0.243 e. The third-order valence-electron chi connectivity index (χ3n) is 5.08. The van der Waals surface area contributed by atoms with Crippen molar-refractivity contribution in [1.29, 1.82) is 0 Å². The monoisotopic (exact) mass is 421 g/mol. The summed E-state index contributed by atoms with van der Waals surface area (Å²) in [7, 11) is -1.70. The van der Waals surface area contributed by atoms with E-state index in [1.807, 2.05) is 47.7 Å². The molecule has 1 saturated heterocycles. The number of benzene rings is 1. The van der Waals surface area contributed by atoms with E-state index in [1.54, 1.807) is 29.4 Å². The van der Waals surface area contributed by atoms with Crippen molar-refractivity contribution < 1.29 is 13.2 Å². The second kappa shape index (κ2) is 8.73.